The molecule has 1 N–H and O–H groups in total. The van der Waals surface area contributed by atoms with Crippen molar-refractivity contribution >= 4 is 23.2 Å². The van der Waals surface area contributed by atoms with Crippen molar-refractivity contribution in [2.45, 2.75) is 6.42 Å². The molecule has 2 heterocycles. The number of anilines is 2. The summed E-state index contributed by atoms with van der Waals surface area (Å²) in [5.41, 5.74) is 3.43. The van der Waals surface area contributed by atoms with Crippen LogP contribution in [0.1, 0.15) is 15.9 Å². The molecule has 2 aromatic rings. The number of benzene rings is 2. The van der Waals surface area contributed by atoms with E-state index in [4.69, 9.17) is 9.47 Å². The molecule has 1 saturated heterocycles. The fourth-order valence-corrected chi connectivity index (χ4v) is 3.60. The first-order valence-corrected chi connectivity index (χ1v) is 9.84. The summed E-state index contributed by atoms with van der Waals surface area (Å²) in [6.07, 6.45) is 0.807. The minimum Gasteiger partial charge on any atom is -0.493 e. The Labute approximate surface area is 170 Å². The van der Waals surface area contributed by atoms with Crippen molar-refractivity contribution in [1.29, 1.82) is 0 Å². The smallest absolute Gasteiger partial charge is 0.254 e. The maximum atomic E-state index is 12.6. The average molecular weight is 395 g/mol. The molecule has 2 amide bonds. The average Bonchev–Trinajstić information content (AvgIpc) is 3.22. The van der Waals surface area contributed by atoms with Gasteiger partial charge in [0.2, 0.25) is 5.91 Å². The molecule has 2 aliphatic rings. The van der Waals surface area contributed by atoms with Crippen LogP contribution in [0.25, 0.3) is 0 Å². The van der Waals surface area contributed by atoms with E-state index in [1.165, 1.54) is 4.90 Å². The van der Waals surface area contributed by atoms with Gasteiger partial charge >= 0.3 is 0 Å². The summed E-state index contributed by atoms with van der Waals surface area (Å²) in [7, 11) is 1.63. The number of hydrogen-bond acceptors (Lipinski definition) is 5. The highest BCUT2D eigenvalue weighted by Crippen LogP contribution is 2.26. The van der Waals surface area contributed by atoms with Gasteiger partial charge in [0.05, 0.1) is 26.4 Å². The second-order valence-corrected chi connectivity index (χ2v) is 7.28. The molecule has 2 aromatic carbocycles. The molecule has 0 bridgehead atoms. The molecule has 7 heteroatoms. The predicted octanol–water partition coefficient (Wildman–Crippen LogP) is 2.17. The minimum atomic E-state index is -0.232. The number of ether oxygens (including phenoxy) is 2. The van der Waals surface area contributed by atoms with Crippen molar-refractivity contribution in [3.63, 3.8) is 0 Å². The van der Waals surface area contributed by atoms with Crippen molar-refractivity contribution < 1.29 is 19.1 Å². The van der Waals surface area contributed by atoms with Gasteiger partial charge in [0.1, 0.15) is 5.75 Å². The van der Waals surface area contributed by atoms with Crippen LogP contribution in [0, 0.1) is 0 Å². The van der Waals surface area contributed by atoms with Gasteiger partial charge in [-0.1, -0.05) is 0 Å². The molecule has 0 aromatic heterocycles. The monoisotopic (exact) mass is 395 g/mol. The second kappa shape index (κ2) is 8.53. The van der Waals surface area contributed by atoms with E-state index in [0.29, 0.717) is 17.9 Å². The third-order valence-corrected chi connectivity index (χ3v) is 5.19. The van der Waals surface area contributed by atoms with Gasteiger partial charge in [-0.2, -0.15) is 0 Å². The van der Waals surface area contributed by atoms with Crippen molar-refractivity contribution in [1.82, 2.24) is 4.90 Å². The van der Waals surface area contributed by atoms with Gasteiger partial charge in [0.15, 0.2) is 0 Å². The highest BCUT2D eigenvalue weighted by molar-refractivity contribution is 5.99. The number of hydrogen-bond donors (Lipinski definition) is 1. The predicted molar refractivity (Wildman–Crippen MR) is 111 cm³/mol. The van der Waals surface area contributed by atoms with Crippen molar-refractivity contribution in [2.24, 2.45) is 0 Å². The quantitative estimate of drug-likeness (QED) is 0.840. The molecular formula is C22H25N3O4. The van der Waals surface area contributed by atoms with Gasteiger partial charge in [0.25, 0.3) is 5.91 Å². The third kappa shape index (κ3) is 4.51. The van der Waals surface area contributed by atoms with E-state index in [2.05, 4.69) is 10.2 Å². The van der Waals surface area contributed by atoms with Gasteiger partial charge in [0, 0.05) is 43.5 Å². The van der Waals surface area contributed by atoms with E-state index >= 15 is 0 Å². The number of carbonyl (C=O) groups is 2. The van der Waals surface area contributed by atoms with E-state index in [0.717, 1.165) is 49.7 Å². The Morgan fingerprint density at radius 1 is 1.07 bits per heavy atom. The zero-order valence-corrected chi connectivity index (χ0v) is 16.5. The lowest BCUT2D eigenvalue weighted by molar-refractivity contribution is -0.116. The molecule has 0 saturated carbocycles. The van der Waals surface area contributed by atoms with Crippen LogP contribution in [0.4, 0.5) is 11.4 Å². The molecule has 2 aliphatic heterocycles. The number of rotatable bonds is 5. The zero-order valence-electron chi connectivity index (χ0n) is 16.5. The number of amides is 2. The fraction of sp³-hybridized carbons (Fsp3) is 0.364. The third-order valence-electron chi connectivity index (χ3n) is 5.19. The summed E-state index contributed by atoms with van der Waals surface area (Å²) in [5.74, 6) is 0.421. The summed E-state index contributed by atoms with van der Waals surface area (Å²) < 4.78 is 10.8. The molecular weight excluding hydrogens is 370 g/mol. The molecule has 0 spiro atoms. The molecule has 7 nitrogen and oxygen atoms in total. The summed E-state index contributed by atoms with van der Waals surface area (Å²) in [6, 6.07) is 13.1. The lowest BCUT2D eigenvalue weighted by Gasteiger charge is -2.28. The topological polar surface area (TPSA) is 71.1 Å². The van der Waals surface area contributed by atoms with Crippen LogP contribution >= 0.6 is 0 Å². The minimum absolute atomic E-state index is 0.0162. The van der Waals surface area contributed by atoms with E-state index < -0.39 is 0 Å². The van der Waals surface area contributed by atoms with E-state index in [1.807, 2.05) is 36.4 Å². The van der Waals surface area contributed by atoms with Crippen molar-refractivity contribution in [3.05, 3.63) is 53.6 Å². The lowest BCUT2D eigenvalue weighted by atomic mass is 10.1. The maximum Gasteiger partial charge on any atom is 0.254 e. The second-order valence-electron chi connectivity index (χ2n) is 7.28. The molecule has 1 fully saturated rings. The van der Waals surface area contributed by atoms with Crippen molar-refractivity contribution in [3.8, 4) is 5.75 Å². The van der Waals surface area contributed by atoms with E-state index in [-0.39, 0.29) is 18.4 Å². The number of fused-ring (bicyclic) bond motifs is 1. The Kier molecular flexibility index (Phi) is 5.67. The fourth-order valence-electron chi connectivity index (χ4n) is 3.60. The maximum absolute atomic E-state index is 12.6. The van der Waals surface area contributed by atoms with Gasteiger partial charge in [-0.15, -0.1) is 0 Å². The van der Waals surface area contributed by atoms with E-state index in [1.54, 1.807) is 13.1 Å². The van der Waals surface area contributed by atoms with Crippen LogP contribution in [0.5, 0.6) is 5.75 Å². The molecule has 0 aliphatic carbocycles. The SMILES string of the molecule is CN(CC(=O)Nc1ccc(N2CCOCC2)cc1)C(=O)c1ccc2c(c1)CCO2. The number of likely N-dealkylation sites (N-methyl/N-ethyl adjacent to an activating group) is 1. The van der Waals surface area contributed by atoms with Crippen LogP contribution in [0.2, 0.25) is 0 Å². The molecule has 0 radical (unpaired) electrons. The Hall–Kier alpha value is -3.06. The van der Waals surface area contributed by atoms with Gasteiger partial charge in [-0.05, 0) is 48.0 Å². The van der Waals surface area contributed by atoms with Gasteiger partial charge in [-0.25, -0.2) is 0 Å². The lowest BCUT2D eigenvalue weighted by Crippen LogP contribution is -2.36. The van der Waals surface area contributed by atoms with Crippen molar-refractivity contribution in [2.75, 3.05) is 56.7 Å². The summed E-state index contributed by atoms with van der Waals surface area (Å²) in [6.45, 7) is 3.83. The Bertz CT molecular complexity index is 891. The Morgan fingerprint density at radius 3 is 2.59 bits per heavy atom. The standard InChI is InChI=1S/C22H25N3O4/c1-24(22(27)17-2-7-20-16(14-17)8-11-29-20)15-21(26)23-18-3-5-19(6-4-18)25-9-12-28-13-10-25/h2-7,14H,8-13,15H2,1H3,(H,23,26). The Morgan fingerprint density at radius 2 is 1.83 bits per heavy atom. The zero-order chi connectivity index (χ0) is 20.2. The summed E-state index contributed by atoms with van der Waals surface area (Å²) in [4.78, 5) is 28.7. The van der Waals surface area contributed by atoms with Crippen LogP contribution in [0.3, 0.4) is 0 Å². The van der Waals surface area contributed by atoms with Crippen LogP contribution in [0.15, 0.2) is 42.5 Å². The first kappa shape index (κ1) is 19.3. The Balaban J connectivity index is 1.32. The summed E-state index contributed by atoms with van der Waals surface area (Å²) >= 11 is 0. The van der Waals surface area contributed by atoms with Crippen LogP contribution in [-0.4, -0.2) is 63.2 Å². The molecule has 0 atom stereocenters. The molecule has 152 valence electrons. The van der Waals surface area contributed by atoms with E-state index in [9.17, 15) is 9.59 Å². The number of nitrogens with one attached hydrogen (secondary N) is 1. The highest BCUT2D eigenvalue weighted by atomic mass is 16.5. The largest absolute Gasteiger partial charge is 0.493 e. The van der Waals surface area contributed by atoms with Crippen LogP contribution < -0.4 is 15.0 Å². The van der Waals surface area contributed by atoms with Gasteiger partial charge in [-0.3, -0.25) is 9.59 Å². The number of carbonyl (C=O) groups excluding carboxylic acids is 2. The first-order valence-electron chi connectivity index (χ1n) is 9.84. The number of nitrogens with zero attached hydrogens (tertiary/aromatic N) is 2. The van der Waals surface area contributed by atoms with Crippen LogP contribution in [-0.2, 0) is 16.0 Å². The highest BCUT2D eigenvalue weighted by Gasteiger charge is 2.19. The summed E-state index contributed by atoms with van der Waals surface area (Å²) in [5, 5.41) is 2.85. The normalized spacial score (nSPS) is 15.4. The molecule has 4 rings (SSSR count). The number of morpholine rings is 1. The molecule has 0 unspecified atom stereocenters. The first-order chi connectivity index (χ1) is 14.1. The van der Waals surface area contributed by atoms with Gasteiger partial charge < -0.3 is 24.6 Å². The molecule has 29 heavy (non-hydrogen) atoms.